The van der Waals surface area contributed by atoms with E-state index >= 15 is 0 Å². The van der Waals surface area contributed by atoms with Gasteiger partial charge in [-0.05, 0) is 91.8 Å². The Hall–Kier alpha value is -8.26. The summed E-state index contributed by atoms with van der Waals surface area (Å²) in [5, 5.41) is 26.8. The molecular weight excluding hydrogens is 1070 g/mol. The maximum absolute atomic E-state index is 15.0. The fourth-order valence-electron chi connectivity index (χ4n) is 10.4. The Bertz CT molecular complexity index is 3410. The van der Waals surface area contributed by atoms with Crippen LogP contribution in [0.4, 0.5) is 28.2 Å². The van der Waals surface area contributed by atoms with Crippen LogP contribution in [0.15, 0.2) is 72.1 Å². The van der Waals surface area contributed by atoms with Crippen LogP contribution in [0.3, 0.4) is 0 Å². The summed E-state index contributed by atoms with van der Waals surface area (Å²) in [5.74, 6) is -0.411. The predicted octanol–water partition coefficient (Wildman–Crippen LogP) is 4.92. The monoisotopic (exact) mass is 1140 g/mol. The average Bonchev–Trinajstić information content (AvgIpc) is 4.16. The number of alkyl carbamates (subject to hydrolysis) is 1. The standard InChI is InChI=1S/C56H72N16O9S/c1-33-25-46(72(68-33)40-17-13-10-14-18-40)63-52(75)43-26-39(31-71(43)53(76)47(37-15-11-9-12-16-37)64-50(73)36(4)81-55(77)57-8)62-51(74)38-29-58-54(59-30-38)70-21-19-69(20-22-70)23-24-80-44-28-42-41(27-45(44)82(78,79)56(5,6)7)49(61-32-60-42)65-48-34(2)35(3)66-67-48/h10,13-14,17-18,25,27-30,32,36-37,39,43,47H,9,11-12,15-16,19-24,26,31H2,1-8H3,(H,57,77)(H,62,74)(H,63,75)(H,64,73)(H2,60,61,65,66,67)/t36?,39-,43-,47?/m0/s1. The molecule has 4 atom stereocenters. The van der Waals surface area contributed by atoms with Gasteiger partial charge in [0, 0.05) is 93.5 Å². The topological polar surface area (TPSA) is 306 Å². The molecule has 2 aliphatic heterocycles. The van der Waals surface area contributed by atoms with E-state index in [0.717, 1.165) is 30.5 Å². The number of sulfone groups is 1. The van der Waals surface area contributed by atoms with E-state index in [1.165, 1.54) is 37.6 Å². The van der Waals surface area contributed by atoms with E-state index in [0.29, 0.717) is 91.3 Å². The van der Waals surface area contributed by atoms with Crippen LogP contribution in [0.2, 0.25) is 0 Å². The van der Waals surface area contributed by atoms with Crippen molar-refractivity contribution in [3.63, 3.8) is 0 Å². The zero-order valence-electron chi connectivity index (χ0n) is 47.5. The third-order valence-corrected chi connectivity index (χ3v) is 17.9. The highest BCUT2D eigenvalue weighted by Crippen LogP contribution is 2.38. The number of carbonyl (C=O) groups is 5. The van der Waals surface area contributed by atoms with Crippen LogP contribution in [0.25, 0.3) is 16.6 Å². The second kappa shape index (κ2) is 24.8. The Morgan fingerprint density at radius 2 is 1.61 bits per heavy atom. The van der Waals surface area contributed by atoms with Crippen molar-refractivity contribution in [2.75, 3.05) is 68.5 Å². The van der Waals surface area contributed by atoms with Gasteiger partial charge in [-0.2, -0.15) is 10.2 Å². The van der Waals surface area contributed by atoms with Crippen molar-refractivity contribution in [3.05, 3.63) is 89.8 Å². The number of carbonyl (C=O) groups excluding carboxylic acids is 5. The number of ether oxygens (including phenoxy) is 2. The van der Waals surface area contributed by atoms with E-state index in [4.69, 9.17) is 9.47 Å². The van der Waals surface area contributed by atoms with Crippen LogP contribution in [0.5, 0.6) is 5.75 Å². The predicted molar refractivity (Wildman–Crippen MR) is 306 cm³/mol. The number of aromatic amines is 1. The van der Waals surface area contributed by atoms with Crippen LogP contribution in [0, 0.1) is 26.7 Å². The van der Waals surface area contributed by atoms with Gasteiger partial charge in [-0.15, -0.1) is 0 Å². The molecule has 2 aromatic carbocycles. The highest BCUT2D eigenvalue weighted by molar-refractivity contribution is 7.92. The maximum Gasteiger partial charge on any atom is 0.407 e. The van der Waals surface area contributed by atoms with E-state index in [1.54, 1.807) is 50.6 Å². The first-order valence-electron chi connectivity index (χ1n) is 27.7. The molecule has 5 amide bonds. The highest BCUT2D eigenvalue weighted by atomic mass is 32.2. The number of rotatable bonds is 18. The van der Waals surface area contributed by atoms with E-state index in [1.807, 2.05) is 49.1 Å². The van der Waals surface area contributed by atoms with Gasteiger partial charge in [0.2, 0.25) is 17.8 Å². The largest absolute Gasteiger partial charge is 0.491 e. The molecule has 0 radical (unpaired) electrons. The summed E-state index contributed by atoms with van der Waals surface area (Å²) in [6, 6.07) is 11.4. The summed E-state index contributed by atoms with van der Waals surface area (Å²) in [5.41, 5.74) is 3.83. The fraction of sp³-hybridized carbons (Fsp3) is 0.482. The number of hydrogen-bond donors (Lipinski definition) is 6. The summed E-state index contributed by atoms with van der Waals surface area (Å²) < 4.78 is 40.1. The molecule has 1 aliphatic carbocycles. The van der Waals surface area contributed by atoms with Crippen LogP contribution in [0.1, 0.15) is 93.5 Å². The lowest BCUT2D eigenvalue weighted by Gasteiger charge is -2.35. The summed E-state index contributed by atoms with van der Waals surface area (Å²) in [4.78, 5) is 92.7. The molecule has 1 saturated carbocycles. The first kappa shape index (κ1) is 58.4. The Kier molecular flexibility index (Phi) is 17.7. The Balaban J connectivity index is 0.847. The molecule has 4 aromatic heterocycles. The summed E-state index contributed by atoms with van der Waals surface area (Å²) in [7, 11) is -2.51. The van der Waals surface area contributed by atoms with Gasteiger partial charge in [0.15, 0.2) is 21.8 Å². The molecule has 2 unspecified atom stereocenters. The van der Waals surface area contributed by atoms with Gasteiger partial charge < -0.3 is 45.9 Å². The first-order chi connectivity index (χ1) is 39.2. The molecule has 6 heterocycles. The van der Waals surface area contributed by atoms with Crippen LogP contribution in [-0.2, 0) is 29.0 Å². The van der Waals surface area contributed by atoms with Crippen molar-refractivity contribution in [2.45, 2.75) is 121 Å². The molecule has 6 N–H and O–H groups in total. The van der Waals surface area contributed by atoms with Crippen LogP contribution < -0.4 is 36.2 Å². The van der Waals surface area contributed by atoms with Crippen molar-refractivity contribution in [2.24, 2.45) is 5.92 Å². The number of aromatic nitrogens is 8. The molecule has 0 spiro atoms. The number of benzene rings is 2. The second-order valence-corrected chi connectivity index (χ2v) is 24.7. The number of para-hydroxylation sites is 1. The average molecular weight is 1150 g/mol. The van der Waals surface area contributed by atoms with Gasteiger partial charge in [0.05, 0.1) is 27.2 Å². The minimum absolute atomic E-state index is 0.0366. The molecule has 6 aromatic rings. The van der Waals surface area contributed by atoms with Crippen LogP contribution in [-0.4, -0.2) is 170 Å². The SMILES string of the molecule is CNC(=O)OC(C)C(=O)NC(C(=O)N1C[C@@H](NC(=O)c2cnc(N3CCN(CCOc4cc5ncnc(Nc6n[nH]c(C)c6C)c5cc4S(=O)(=O)C(C)(C)C)CC3)nc2)C[C@H]1C(=O)Nc1cc(C)nn1-c1ccccc1)C1CCCCC1. The van der Waals surface area contributed by atoms with Crippen molar-refractivity contribution >= 4 is 73.9 Å². The molecule has 0 bridgehead atoms. The minimum Gasteiger partial charge on any atom is -0.491 e. The number of piperazine rings is 1. The van der Waals surface area contributed by atoms with Crippen molar-refractivity contribution in [1.82, 2.24) is 65.7 Å². The summed E-state index contributed by atoms with van der Waals surface area (Å²) >= 11 is 0. The Morgan fingerprint density at radius 3 is 2.28 bits per heavy atom. The molecular formula is C56H72N16O9S. The fourth-order valence-corrected chi connectivity index (χ4v) is 11.7. The maximum atomic E-state index is 15.0. The number of nitrogens with zero attached hydrogens (tertiary/aromatic N) is 10. The van der Waals surface area contributed by atoms with Crippen molar-refractivity contribution < 1.29 is 41.9 Å². The third kappa shape index (κ3) is 13.1. The lowest BCUT2D eigenvalue weighted by molar-refractivity contribution is -0.143. The van der Waals surface area contributed by atoms with E-state index in [2.05, 4.69) is 66.7 Å². The molecule has 3 fully saturated rings. The van der Waals surface area contributed by atoms with E-state index in [9.17, 15) is 32.4 Å². The number of fused-ring (bicyclic) bond motifs is 1. The van der Waals surface area contributed by atoms with Gasteiger partial charge in [0.1, 0.15) is 47.3 Å². The van der Waals surface area contributed by atoms with Gasteiger partial charge in [-0.1, -0.05) is 37.5 Å². The smallest absolute Gasteiger partial charge is 0.407 e. The number of anilines is 4. The zero-order chi connectivity index (χ0) is 58.5. The molecule has 82 heavy (non-hydrogen) atoms. The molecule has 9 rings (SSSR count). The molecule has 2 saturated heterocycles. The molecule has 3 aliphatic rings. The third-order valence-electron chi connectivity index (χ3n) is 15.4. The van der Waals surface area contributed by atoms with Crippen molar-refractivity contribution in [3.8, 4) is 11.4 Å². The van der Waals surface area contributed by atoms with Gasteiger partial charge >= 0.3 is 6.09 Å². The zero-order valence-corrected chi connectivity index (χ0v) is 48.3. The Labute approximate surface area is 476 Å². The molecule has 26 heteroatoms. The number of aryl methyl sites for hydroxylation is 2. The Morgan fingerprint density at radius 1 is 0.890 bits per heavy atom. The second-order valence-electron chi connectivity index (χ2n) is 22.1. The molecule has 25 nitrogen and oxygen atoms in total. The number of amides is 5. The number of likely N-dealkylation sites (tertiary alicyclic amines) is 1. The van der Waals surface area contributed by atoms with Gasteiger partial charge in [-0.25, -0.2) is 37.8 Å². The summed E-state index contributed by atoms with van der Waals surface area (Å²) in [6.07, 6.45) is 6.33. The highest BCUT2D eigenvalue weighted by Gasteiger charge is 2.45. The van der Waals surface area contributed by atoms with Gasteiger partial charge in [-0.3, -0.25) is 29.2 Å². The number of nitrogens with one attached hydrogen (secondary N) is 6. The lowest BCUT2D eigenvalue weighted by atomic mass is 9.83. The quantitative estimate of drug-likeness (QED) is 0.0665. The van der Waals surface area contributed by atoms with Crippen molar-refractivity contribution in [1.29, 1.82) is 0 Å². The molecule has 436 valence electrons. The minimum atomic E-state index is -3.89. The van der Waals surface area contributed by atoms with Crippen LogP contribution >= 0.6 is 0 Å². The van der Waals surface area contributed by atoms with E-state index in [-0.39, 0.29) is 41.7 Å². The summed E-state index contributed by atoms with van der Waals surface area (Å²) in [6.45, 7) is 15.0. The lowest BCUT2D eigenvalue weighted by Crippen LogP contribution is -2.57. The number of H-pyrrole nitrogens is 1. The first-order valence-corrected chi connectivity index (χ1v) is 29.1. The normalized spacial score (nSPS) is 17.9. The van der Waals surface area contributed by atoms with E-state index < -0.39 is 68.5 Å². The number of hydrogen-bond acceptors (Lipinski definition) is 18. The van der Waals surface area contributed by atoms with Gasteiger partial charge in [0.25, 0.3) is 11.8 Å².